The topological polar surface area (TPSA) is 164 Å². The van der Waals surface area contributed by atoms with Crippen molar-refractivity contribution in [2.45, 2.75) is 43.5 Å². The lowest BCUT2D eigenvalue weighted by Gasteiger charge is -2.50. The molecule has 11 heteroatoms. The molecule has 2 bridgehead atoms. The van der Waals surface area contributed by atoms with Crippen molar-refractivity contribution in [3.63, 3.8) is 0 Å². The van der Waals surface area contributed by atoms with Gasteiger partial charge in [-0.15, -0.1) is 0 Å². The fraction of sp³-hybridized carbons (Fsp3) is 0.524. The maximum absolute atomic E-state index is 12.6. The highest BCUT2D eigenvalue weighted by Gasteiger charge is 2.59. The number of nitrogens with one attached hydrogen (secondary N) is 1. The molecule has 0 spiro atoms. The summed E-state index contributed by atoms with van der Waals surface area (Å²) in [6, 6.07) is 2.90. The van der Waals surface area contributed by atoms with Crippen LogP contribution in [0.1, 0.15) is 18.1 Å². The lowest BCUT2D eigenvalue weighted by molar-refractivity contribution is -0.354. The Labute approximate surface area is 184 Å². The lowest BCUT2D eigenvalue weighted by Crippen LogP contribution is -2.73. The molecule has 5 atom stereocenters. The Hall–Kier alpha value is -2.70. The first-order valence-corrected chi connectivity index (χ1v) is 10.0. The SMILES string of the molecule is COc1cc(/C=C/C(=O)O[C@@H]2[C@H](OC(C)=O)[C@@H](O)[C@@H]3CNC[C@@]2(O)O3)c(CCO)cc1O. The van der Waals surface area contributed by atoms with E-state index in [0.717, 1.165) is 13.0 Å². The standard InChI is InChI=1S/C21H27NO10/c1-11(24)30-19-18(27)16-9-22-10-21(28,32-16)20(19)31-17(26)4-3-12-8-15(29-2)14(25)7-13(12)5-6-23/h3-4,7-8,16,18-20,22-23,25,27-28H,5-6,9-10H2,1-2H3/b4-3+/t16-,18-,19+,20+,21+/m0/s1. The second kappa shape index (κ2) is 9.84. The third kappa shape index (κ3) is 5.03. The summed E-state index contributed by atoms with van der Waals surface area (Å²) in [6.45, 7) is 1.07. The van der Waals surface area contributed by atoms with Crippen LogP contribution in [0.2, 0.25) is 0 Å². The van der Waals surface area contributed by atoms with E-state index in [9.17, 15) is 30.0 Å². The third-order valence-corrected chi connectivity index (χ3v) is 5.31. The van der Waals surface area contributed by atoms with Gasteiger partial charge in [0.25, 0.3) is 0 Å². The Morgan fingerprint density at radius 1 is 1.34 bits per heavy atom. The number of aromatic hydroxyl groups is 1. The van der Waals surface area contributed by atoms with Crippen molar-refractivity contribution >= 4 is 18.0 Å². The van der Waals surface area contributed by atoms with Crippen LogP contribution >= 0.6 is 0 Å². The summed E-state index contributed by atoms with van der Waals surface area (Å²) < 4.78 is 21.1. The Kier molecular flexibility index (Phi) is 7.36. The maximum atomic E-state index is 12.6. The minimum atomic E-state index is -2.00. The molecule has 0 radical (unpaired) electrons. The van der Waals surface area contributed by atoms with Crippen molar-refractivity contribution < 1.29 is 49.0 Å². The number of aliphatic hydroxyl groups excluding tert-OH is 2. The predicted molar refractivity (Wildman–Crippen MR) is 109 cm³/mol. The smallest absolute Gasteiger partial charge is 0.331 e. The number of morpholine rings is 1. The van der Waals surface area contributed by atoms with E-state index in [1.807, 2.05) is 0 Å². The molecule has 0 aliphatic carbocycles. The number of hydrogen-bond donors (Lipinski definition) is 5. The number of hydrogen-bond acceptors (Lipinski definition) is 11. The summed E-state index contributed by atoms with van der Waals surface area (Å²) in [5.41, 5.74) is 1.04. The van der Waals surface area contributed by atoms with Crippen molar-refractivity contribution in [1.29, 1.82) is 0 Å². The monoisotopic (exact) mass is 453 g/mol. The highest BCUT2D eigenvalue weighted by Crippen LogP contribution is 2.34. The molecule has 0 amide bonds. The van der Waals surface area contributed by atoms with E-state index in [1.54, 1.807) is 0 Å². The van der Waals surface area contributed by atoms with Gasteiger partial charge in [0, 0.05) is 26.2 Å². The van der Waals surface area contributed by atoms with Gasteiger partial charge in [0.05, 0.1) is 13.7 Å². The Morgan fingerprint density at radius 2 is 2.09 bits per heavy atom. The van der Waals surface area contributed by atoms with Gasteiger partial charge in [-0.05, 0) is 35.8 Å². The van der Waals surface area contributed by atoms with Crippen molar-refractivity contribution in [2.24, 2.45) is 0 Å². The number of fused-ring (bicyclic) bond motifs is 2. The van der Waals surface area contributed by atoms with E-state index in [4.69, 9.17) is 18.9 Å². The van der Waals surface area contributed by atoms with Crippen LogP contribution < -0.4 is 10.1 Å². The fourth-order valence-electron chi connectivity index (χ4n) is 3.83. The molecule has 0 saturated carbocycles. The number of aliphatic hydroxyl groups is 3. The van der Waals surface area contributed by atoms with Crippen LogP contribution in [0.3, 0.4) is 0 Å². The zero-order valence-electron chi connectivity index (χ0n) is 17.7. The molecule has 5 N–H and O–H groups in total. The Morgan fingerprint density at radius 3 is 2.75 bits per heavy atom. The summed E-state index contributed by atoms with van der Waals surface area (Å²) in [6.07, 6.45) is -2.32. The van der Waals surface area contributed by atoms with Crippen LogP contribution in [0.25, 0.3) is 6.08 Å². The molecule has 0 unspecified atom stereocenters. The number of β-amino-alcohol motifs (C(OH)–C–C–N with tert-alkyl or cyclic N) is 1. The van der Waals surface area contributed by atoms with Gasteiger partial charge in [-0.1, -0.05) is 0 Å². The number of phenolic OH excluding ortho intramolecular Hbond substituents is 1. The van der Waals surface area contributed by atoms with Crippen LogP contribution in [0.15, 0.2) is 18.2 Å². The van der Waals surface area contributed by atoms with Gasteiger partial charge >= 0.3 is 11.9 Å². The summed E-state index contributed by atoms with van der Waals surface area (Å²) >= 11 is 0. The van der Waals surface area contributed by atoms with Gasteiger partial charge in [-0.25, -0.2) is 4.79 Å². The molecule has 1 aromatic rings. The molecule has 176 valence electrons. The van der Waals surface area contributed by atoms with Crippen LogP contribution in [0, 0.1) is 0 Å². The van der Waals surface area contributed by atoms with E-state index in [2.05, 4.69) is 5.32 Å². The van der Waals surface area contributed by atoms with Crippen LogP contribution in [-0.2, 0) is 30.2 Å². The quantitative estimate of drug-likeness (QED) is 0.250. The molecule has 2 heterocycles. The minimum Gasteiger partial charge on any atom is -0.504 e. The van der Waals surface area contributed by atoms with Crippen molar-refractivity contribution in [2.75, 3.05) is 26.8 Å². The number of esters is 2. The Balaban J connectivity index is 1.83. The molecule has 2 fully saturated rings. The van der Waals surface area contributed by atoms with Crippen molar-refractivity contribution in [1.82, 2.24) is 5.32 Å². The second-order valence-corrected chi connectivity index (χ2v) is 7.58. The maximum Gasteiger partial charge on any atom is 0.331 e. The van der Waals surface area contributed by atoms with Gasteiger partial charge in [0.1, 0.15) is 12.2 Å². The highest BCUT2D eigenvalue weighted by atomic mass is 16.7. The lowest BCUT2D eigenvalue weighted by atomic mass is 9.89. The molecule has 2 saturated heterocycles. The van der Waals surface area contributed by atoms with E-state index < -0.39 is 42.1 Å². The van der Waals surface area contributed by atoms with Gasteiger partial charge in [-0.3, -0.25) is 4.79 Å². The molecule has 3 rings (SSSR count). The number of benzene rings is 1. The van der Waals surface area contributed by atoms with Crippen LogP contribution in [-0.4, -0.2) is 89.4 Å². The molecular weight excluding hydrogens is 426 g/mol. The largest absolute Gasteiger partial charge is 0.504 e. The van der Waals surface area contributed by atoms with Crippen LogP contribution in [0.4, 0.5) is 0 Å². The summed E-state index contributed by atoms with van der Waals surface area (Å²) in [5.74, 6) is -3.56. The molecule has 0 aromatic heterocycles. The molecule has 2 aliphatic heterocycles. The molecular formula is C21H27NO10. The van der Waals surface area contributed by atoms with Gasteiger partial charge in [-0.2, -0.15) is 0 Å². The highest BCUT2D eigenvalue weighted by molar-refractivity contribution is 5.87. The third-order valence-electron chi connectivity index (χ3n) is 5.31. The van der Waals surface area contributed by atoms with Crippen molar-refractivity contribution in [3.05, 3.63) is 29.3 Å². The van der Waals surface area contributed by atoms with Crippen LogP contribution in [0.5, 0.6) is 11.5 Å². The van der Waals surface area contributed by atoms with Gasteiger partial charge in [0.2, 0.25) is 5.79 Å². The molecule has 11 nitrogen and oxygen atoms in total. The first-order valence-electron chi connectivity index (χ1n) is 10.0. The normalized spacial score (nSPS) is 29.5. The number of rotatable bonds is 7. The predicted octanol–water partition coefficient (Wildman–Crippen LogP) is -1.16. The average Bonchev–Trinajstić information content (AvgIpc) is 2.74. The molecule has 32 heavy (non-hydrogen) atoms. The van der Waals surface area contributed by atoms with E-state index in [0.29, 0.717) is 11.1 Å². The second-order valence-electron chi connectivity index (χ2n) is 7.58. The number of carbonyl (C=O) groups is 2. The Bertz CT molecular complexity index is 888. The fourth-order valence-corrected chi connectivity index (χ4v) is 3.83. The molecule has 1 aromatic carbocycles. The zero-order valence-corrected chi connectivity index (χ0v) is 17.7. The van der Waals surface area contributed by atoms with Gasteiger partial charge in [0.15, 0.2) is 23.7 Å². The summed E-state index contributed by atoms with van der Waals surface area (Å²) in [4.78, 5) is 24.1. The van der Waals surface area contributed by atoms with Gasteiger partial charge < -0.3 is 44.7 Å². The first kappa shape index (κ1) is 24.0. The van der Waals surface area contributed by atoms with E-state index >= 15 is 0 Å². The summed E-state index contributed by atoms with van der Waals surface area (Å²) in [7, 11) is 1.37. The van der Waals surface area contributed by atoms with E-state index in [-0.39, 0.29) is 37.6 Å². The average molecular weight is 453 g/mol. The zero-order chi connectivity index (χ0) is 23.5. The van der Waals surface area contributed by atoms with Crippen molar-refractivity contribution in [3.8, 4) is 11.5 Å². The number of methoxy groups -OCH3 is 1. The van der Waals surface area contributed by atoms with E-state index in [1.165, 1.54) is 25.3 Å². The minimum absolute atomic E-state index is 0.106. The number of ether oxygens (including phenoxy) is 4. The first-order chi connectivity index (χ1) is 15.2. The number of phenols is 1. The summed E-state index contributed by atoms with van der Waals surface area (Å²) in [5, 5.41) is 43.4. The number of carbonyl (C=O) groups excluding carboxylic acids is 2. The molecule has 2 aliphatic rings.